The van der Waals surface area contributed by atoms with Crippen molar-refractivity contribution in [2.75, 3.05) is 0 Å². The first-order valence-electron chi connectivity index (χ1n) is 7.39. The maximum Gasteiger partial charge on any atom is 0.0208 e. The number of rotatable bonds is 3. The van der Waals surface area contributed by atoms with Crippen molar-refractivity contribution in [1.82, 2.24) is 5.32 Å². The lowest BCUT2D eigenvalue weighted by Crippen LogP contribution is -2.21. The lowest BCUT2D eigenvalue weighted by Gasteiger charge is -2.19. The molecule has 0 spiro atoms. The highest BCUT2D eigenvalue weighted by atomic mass is 15.0. The van der Waals surface area contributed by atoms with E-state index in [1.165, 1.54) is 11.1 Å². The molecule has 0 aromatic heterocycles. The third-order valence-electron chi connectivity index (χ3n) is 5.35. The Kier molecular flexibility index (Phi) is 3.33. The van der Waals surface area contributed by atoms with Gasteiger partial charge in [0.25, 0.3) is 0 Å². The quantitative estimate of drug-likeness (QED) is 0.842. The van der Waals surface area contributed by atoms with Gasteiger partial charge in [-0.1, -0.05) is 72.7 Å². The molecule has 0 heterocycles. The zero-order chi connectivity index (χ0) is 14.5. The van der Waals surface area contributed by atoms with E-state index in [1.54, 1.807) is 0 Å². The van der Waals surface area contributed by atoms with Crippen LogP contribution in [0.2, 0.25) is 0 Å². The Balaban J connectivity index is 1.95. The summed E-state index contributed by atoms with van der Waals surface area (Å²) in [5, 5.41) is 3.71. The largest absolute Gasteiger partial charge is 0.309 e. The van der Waals surface area contributed by atoms with Crippen LogP contribution in [0.25, 0.3) is 0 Å². The summed E-state index contributed by atoms with van der Waals surface area (Å²) >= 11 is 0. The predicted octanol–water partition coefficient (Wildman–Crippen LogP) is 4.51. The highest BCUT2D eigenvalue weighted by Gasteiger charge is 2.64. The number of hydrogen-bond donors (Lipinski definition) is 1. The van der Waals surface area contributed by atoms with Gasteiger partial charge in [-0.05, 0) is 27.4 Å². The lowest BCUT2D eigenvalue weighted by atomic mass is 9.87. The third kappa shape index (κ3) is 2.58. The average molecular weight is 259 g/mol. The smallest absolute Gasteiger partial charge is 0.0208 e. The molecule has 1 nitrogen and oxygen atoms in total. The second-order valence-electron chi connectivity index (χ2n) is 8.20. The minimum absolute atomic E-state index is 0.242. The first-order chi connectivity index (χ1) is 8.57. The molecular formula is C18H29N. The van der Waals surface area contributed by atoms with Crippen molar-refractivity contribution in [2.45, 2.75) is 66.5 Å². The summed E-state index contributed by atoms with van der Waals surface area (Å²) in [7, 11) is 0. The monoisotopic (exact) mass is 259 g/mol. The molecule has 1 heteroatoms. The summed E-state index contributed by atoms with van der Waals surface area (Å²) in [6, 6.07) is 9.68. The minimum Gasteiger partial charge on any atom is -0.309 e. The fourth-order valence-electron chi connectivity index (χ4n) is 3.05. The molecular weight excluding hydrogens is 230 g/mol. The molecule has 0 amide bonds. The van der Waals surface area contributed by atoms with Crippen molar-refractivity contribution in [3.8, 4) is 0 Å². The Bertz CT molecular complexity index is 432. The van der Waals surface area contributed by atoms with Gasteiger partial charge in [0.1, 0.15) is 0 Å². The van der Waals surface area contributed by atoms with E-state index in [2.05, 4.69) is 78.0 Å². The molecule has 1 aliphatic rings. The fourth-order valence-corrected chi connectivity index (χ4v) is 3.05. The maximum absolute atomic E-state index is 3.71. The number of hydrogen-bond acceptors (Lipinski definition) is 1. The van der Waals surface area contributed by atoms with Crippen molar-refractivity contribution >= 4 is 0 Å². The molecule has 19 heavy (non-hydrogen) atoms. The van der Waals surface area contributed by atoms with Crippen LogP contribution in [0.5, 0.6) is 0 Å². The molecule has 1 aromatic carbocycles. The van der Waals surface area contributed by atoms with E-state index in [0.29, 0.717) is 16.9 Å². The van der Waals surface area contributed by atoms with Crippen molar-refractivity contribution in [1.29, 1.82) is 0 Å². The Morgan fingerprint density at radius 2 is 1.42 bits per heavy atom. The topological polar surface area (TPSA) is 12.0 Å². The van der Waals surface area contributed by atoms with Gasteiger partial charge in [-0.3, -0.25) is 0 Å². The van der Waals surface area contributed by atoms with E-state index in [0.717, 1.165) is 6.54 Å². The second kappa shape index (κ2) is 4.34. The van der Waals surface area contributed by atoms with Gasteiger partial charge < -0.3 is 5.32 Å². The summed E-state index contributed by atoms with van der Waals surface area (Å²) in [4.78, 5) is 0. The molecule has 0 radical (unpaired) electrons. The van der Waals surface area contributed by atoms with Gasteiger partial charge in [-0.25, -0.2) is 0 Å². The Morgan fingerprint density at radius 1 is 0.947 bits per heavy atom. The van der Waals surface area contributed by atoms with Crippen LogP contribution in [0.4, 0.5) is 0 Å². The first-order valence-corrected chi connectivity index (χ1v) is 7.39. The standard InChI is InChI=1S/C18H29N/c1-16(2,3)14-10-8-13(9-11-14)12-19-15-17(4,5)18(15,6)7/h8-11,15,19H,12H2,1-7H3. The molecule has 0 bridgehead atoms. The van der Waals surface area contributed by atoms with Crippen LogP contribution >= 0.6 is 0 Å². The second-order valence-corrected chi connectivity index (χ2v) is 8.20. The molecule has 0 aliphatic heterocycles. The molecule has 2 rings (SSSR count). The molecule has 0 unspecified atom stereocenters. The molecule has 0 saturated heterocycles. The predicted molar refractivity (Wildman–Crippen MR) is 83.3 cm³/mol. The van der Waals surface area contributed by atoms with Crippen LogP contribution < -0.4 is 5.32 Å². The Hall–Kier alpha value is -0.820. The summed E-state index contributed by atoms with van der Waals surface area (Å²) in [6.07, 6.45) is 0. The lowest BCUT2D eigenvalue weighted by molar-refractivity contribution is 0.457. The Morgan fingerprint density at radius 3 is 1.79 bits per heavy atom. The average Bonchev–Trinajstić information content (AvgIpc) is 2.66. The van der Waals surface area contributed by atoms with Crippen molar-refractivity contribution in [3.63, 3.8) is 0 Å². The SMILES string of the molecule is CC(C)(C)c1ccc(CNC2C(C)(C)C2(C)C)cc1. The highest BCUT2D eigenvalue weighted by Crippen LogP contribution is 2.62. The molecule has 106 valence electrons. The van der Waals surface area contributed by atoms with Gasteiger partial charge in [-0.2, -0.15) is 0 Å². The zero-order valence-corrected chi connectivity index (χ0v) is 13.6. The molecule has 1 fully saturated rings. The normalized spacial score (nSPS) is 21.4. The van der Waals surface area contributed by atoms with Gasteiger partial charge in [0.15, 0.2) is 0 Å². The van der Waals surface area contributed by atoms with E-state index < -0.39 is 0 Å². The van der Waals surface area contributed by atoms with Gasteiger partial charge in [0, 0.05) is 12.6 Å². The Labute approximate surface area is 118 Å². The summed E-state index contributed by atoms with van der Waals surface area (Å²) in [5.41, 5.74) is 3.86. The maximum atomic E-state index is 3.71. The van der Waals surface area contributed by atoms with E-state index in [4.69, 9.17) is 0 Å². The minimum atomic E-state index is 0.242. The van der Waals surface area contributed by atoms with Gasteiger partial charge in [0.2, 0.25) is 0 Å². The van der Waals surface area contributed by atoms with Crippen molar-refractivity contribution in [3.05, 3.63) is 35.4 Å². The molecule has 1 N–H and O–H groups in total. The summed E-state index contributed by atoms with van der Waals surface area (Å²) in [6.45, 7) is 17.2. The summed E-state index contributed by atoms with van der Waals surface area (Å²) < 4.78 is 0. The van der Waals surface area contributed by atoms with Crippen LogP contribution in [0.3, 0.4) is 0 Å². The van der Waals surface area contributed by atoms with Crippen LogP contribution in [0, 0.1) is 10.8 Å². The van der Waals surface area contributed by atoms with Crippen LogP contribution in [0.15, 0.2) is 24.3 Å². The van der Waals surface area contributed by atoms with Gasteiger partial charge in [0.05, 0.1) is 0 Å². The van der Waals surface area contributed by atoms with E-state index >= 15 is 0 Å². The van der Waals surface area contributed by atoms with E-state index in [-0.39, 0.29) is 5.41 Å². The molecule has 1 aliphatic carbocycles. The van der Waals surface area contributed by atoms with E-state index in [1.807, 2.05) is 0 Å². The van der Waals surface area contributed by atoms with Crippen molar-refractivity contribution < 1.29 is 0 Å². The third-order valence-corrected chi connectivity index (χ3v) is 5.35. The van der Waals surface area contributed by atoms with Crippen LogP contribution in [-0.2, 0) is 12.0 Å². The molecule has 1 aromatic rings. The van der Waals surface area contributed by atoms with Crippen LogP contribution in [0.1, 0.15) is 59.6 Å². The van der Waals surface area contributed by atoms with E-state index in [9.17, 15) is 0 Å². The van der Waals surface area contributed by atoms with Gasteiger partial charge in [-0.15, -0.1) is 0 Å². The zero-order valence-electron chi connectivity index (χ0n) is 13.6. The fraction of sp³-hybridized carbons (Fsp3) is 0.667. The highest BCUT2D eigenvalue weighted by molar-refractivity contribution is 5.28. The summed E-state index contributed by atoms with van der Waals surface area (Å²) in [5.74, 6) is 0. The number of nitrogens with one attached hydrogen (secondary N) is 1. The first kappa shape index (κ1) is 14.6. The van der Waals surface area contributed by atoms with Crippen LogP contribution in [-0.4, -0.2) is 6.04 Å². The van der Waals surface area contributed by atoms with Crippen molar-refractivity contribution in [2.24, 2.45) is 10.8 Å². The molecule has 1 saturated carbocycles. The van der Waals surface area contributed by atoms with Gasteiger partial charge >= 0.3 is 0 Å². The molecule has 0 atom stereocenters. The number of benzene rings is 1.